The van der Waals surface area contributed by atoms with Crippen LogP contribution in [0.25, 0.3) is 0 Å². The number of aliphatic hydroxyl groups excluding tert-OH is 1. The summed E-state index contributed by atoms with van der Waals surface area (Å²) in [5, 5.41) is 14.0. The number of carbonyl (C=O) groups excluding carboxylic acids is 1. The molecule has 3 unspecified atom stereocenters. The molecular weight excluding hydrogens is 972 g/mol. The predicted octanol–water partition coefficient (Wildman–Crippen LogP) is 20.8. The summed E-state index contributed by atoms with van der Waals surface area (Å²) in [6, 6.07) is -0.852. The molecular formula is C68H130N2O6P+. The summed E-state index contributed by atoms with van der Waals surface area (Å²) in [5.41, 5.74) is 0. The van der Waals surface area contributed by atoms with Gasteiger partial charge in [-0.05, 0) is 57.8 Å². The number of allylic oxidation sites excluding steroid dienone is 9. The third-order valence-corrected chi connectivity index (χ3v) is 16.0. The number of phosphoric acid groups is 1. The van der Waals surface area contributed by atoms with Crippen molar-refractivity contribution < 1.29 is 32.9 Å². The van der Waals surface area contributed by atoms with E-state index < -0.39 is 20.0 Å². The number of hydrogen-bond donors (Lipinski definition) is 3. The number of aliphatic hydroxyl groups is 1. The van der Waals surface area contributed by atoms with Gasteiger partial charge in [0.25, 0.3) is 0 Å². The second-order valence-corrected chi connectivity index (χ2v) is 25.3. The topological polar surface area (TPSA) is 105 Å². The van der Waals surface area contributed by atoms with Crippen LogP contribution in [0.5, 0.6) is 0 Å². The standard InChI is InChI=1S/C68H129N2O6P/c1-6-8-10-12-14-16-18-20-22-24-26-28-30-32-33-34-35-36-38-39-41-43-45-47-49-51-53-55-57-59-61-67(71)66(65-76-77(73,74)75-64-63-70(3,4)5)69-68(72)62-60-58-56-54-52-50-48-46-44-42-40-37-31-29-27-25-23-21-19-17-15-13-11-9-7-2/h9,11,15,17,21,23,27,29,59,61,66-67,71H,6-8,10,12-14,16,18-20,22,24-26,28,30-58,60,62-65H2,1-5H3,(H-,69,72,73,74)/p+1/b11-9-,17-15-,23-21-,29-27-,61-59+. The average molecular weight is 1100 g/mol. The summed E-state index contributed by atoms with van der Waals surface area (Å²) in [6.07, 6.45) is 80.7. The van der Waals surface area contributed by atoms with Crippen molar-refractivity contribution >= 4 is 13.7 Å². The Labute approximate surface area is 479 Å². The minimum Gasteiger partial charge on any atom is -0.387 e. The van der Waals surface area contributed by atoms with Crippen molar-refractivity contribution in [2.75, 3.05) is 40.9 Å². The van der Waals surface area contributed by atoms with E-state index in [1.807, 2.05) is 27.2 Å². The van der Waals surface area contributed by atoms with Crippen LogP contribution in [0, 0.1) is 0 Å². The quantitative estimate of drug-likeness (QED) is 0.0243. The van der Waals surface area contributed by atoms with Gasteiger partial charge in [-0.15, -0.1) is 0 Å². The van der Waals surface area contributed by atoms with E-state index in [1.165, 1.54) is 231 Å². The van der Waals surface area contributed by atoms with E-state index in [1.54, 1.807) is 6.08 Å². The number of nitrogens with one attached hydrogen (secondary N) is 1. The number of carbonyl (C=O) groups is 1. The van der Waals surface area contributed by atoms with E-state index in [-0.39, 0.29) is 19.1 Å². The molecule has 1 amide bonds. The molecule has 8 nitrogen and oxygen atoms in total. The summed E-state index contributed by atoms with van der Waals surface area (Å²) < 4.78 is 23.8. The van der Waals surface area contributed by atoms with Gasteiger partial charge in [-0.1, -0.05) is 312 Å². The lowest BCUT2D eigenvalue weighted by molar-refractivity contribution is -0.870. The Hall–Kier alpha value is -1.80. The van der Waals surface area contributed by atoms with E-state index in [2.05, 4.69) is 67.8 Å². The molecule has 0 aliphatic rings. The highest BCUT2D eigenvalue weighted by Crippen LogP contribution is 2.43. The van der Waals surface area contributed by atoms with E-state index in [0.717, 1.165) is 64.2 Å². The van der Waals surface area contributed by atoms with Crippen LogP contribution in [-0.2, 0) is 18.4 Å². The Bertz CT molecular complexity index is 1440. The molecule has 77 heavy (non-hydrogen) atoms. The molecule has 0 spiro atoms. The molecule has 0 aliphatic carbocycles. The van der Waals surface area contributed by atoms with Crippen molar-refractivity contribution in [1.29, 1.82) is 0 Å². The third-order valence-electron chi connectivity index (χ3n) is 15.0. The van der Waals surface area contributed by atoms with Gasteiger partial charge < -0.3 is 19.8 Å². The number of unbranched alkanes of at least 4 members (excludes halogenated alkanes) is 40. The molecule has 0 aromatic rings. The van der Waals surface area contributed by atoms with Gasteiger partial charge in [-0.2, -0.15) is 0 Å². The fourth-order valence-electron chi connectivity index (χ4n) is 9.86. The molecule has 9 heteroatoms. The molecule has 0 aliphatic heterocycles. The van der Waals surface area contributed by atoms with Crippen molar-refractivity contribution in [3.63, 3.8) is 0 Å². The van der Waals surface area contributed by atoms with Crippen molar-refractivity contribution in [1.82, 2.24) is 5.32 Å². The third kappa shape index (κ3) is 61.7. The van der Waals surface area contributed by atoms with Gasteiger partial charge in [-0.3, -0.25) is 13.8 Å². The first-order valence-corrected chi connectivity index (χ1v) is 34.7. The number of phosphoric ester groups is 1. The number of quaternary nitrogens is 1. The number of nitrogens with zero attached hydrogens (tertiary/aromatic N) is 1. The van der Waals surface area contributed by atoms with Crippen LogP contribution in [0.15, 0.2) is 60.8 Å². The Balaban J connectivity index is 4.10. The molecule has 0 radical (unpaired) electrons. The smallest absolute Gasteiger partial charge is 0.387 e. The Kier molecular flexibility index (Phi) is 57.5. The van der Waals surface area contributed by atoms with Crippen molar-refractivity contribution in [3.05, 3.63) is 60.8 Å². The van der Waals surface area contributed by atoms with Crippen molar-refractivity contribution in [2.24, 2.45) is 0 Å². The molecule has 0 aromatic heterocycles. The van der Waals surface area contributed by atoms with Crippen LogP contribution in [0.3, 0.4) is 0 Å². The van der Waals surface area contributed by atoms with Crippen LogP contribution in [0.2, 0.25) is 0 Å². The SMILES string of the molecule is CC/C=C\C/C=C\C/C=C\C/C=C\CCCCCCCCCCCCCCC(=O)NC(COP(=O)(O)OCC[N+](C)(C)C)C(O)/C=C/CCCCCCCCCCCCCCCCCCCCCCCCCCCCCC. The first-order valence-electron chi connectivity index (χ1n) is 33.2. The predicted molar refractivity (Wildman–Crippen MR) is 337 cm³/mol. The fourth-order valence-corrected chi connectivity index (χ4v) is 10.6. The van der Waals surface area contributed by atoms with E-state index in [9.17, 15) is 19.4 Å². The number of hydrogen-bond acceptors (Lipinski definition) is 5. The highest BCUT2D eigenvalue weighted by Gasteiger charge is 2.28. The maximum absolute atomic E-state index is 13.0. The molecule has 0 bridgehead atoms. The number of rotatable bonds is 61. The van der Waals surface area contributed by atoms with E-state index in [0.29, 0.717) is 17.4 Å². The molecule has 0 aromatic carbocycles. The molecule has 0 rings (SSSR count). The second kappa shape index (κ2) is 58.8. The lowest BCUT2D eigenvalue weighted by atomic mass is 10.0. The highest BCUT2D eigenvalue weighted by molar-refractivity contribution is 7.47. The van der Waals surface area contributed by atoms with Gasteiger partial charge in [0.2, 0.25) is 5.91 Å². The zero-order valence-corrected chi connectivity index (χ0v) is 52.6. The lowest BCUT2D eigenvalue weighted by Crippen LogP contribution is -2.45. The van der Waals surface area contributed by atoms with Gasteiger partial charge in [0.05, 0.1) is 39.9 Å². The summed E-state index contributed by atoms with van der Waals surface area (Å²) >= 11 is 0. The molecule has 3 atom stereocenters. The summed E-state index contributed by atoms with van der Waals surface area (Å²) in [7, 11) is 1.58. The van der Waals surface area contributed by atoms with Gasteiger partial charge in [-0.25, -0.2) is 4.57 Å². The first kappa shape index (κ1) is 75.2. The number of amides is 1. The largest absolute Gasteiger partial charge is 0.472 e. The molecule has 0 heterocycles. The molecule has 452 valence electrons. The monoisotopic (exact) mass is 1100 g/mol. The molecule has 0 saturated carbocycles. The second-order valence-electron chi connectivity index (χ2n) is 23.8. The maximum atomic E-state index is 13.0. The van der Waals surface area contributed by atoms with Gasteiger partial charge in [0.15, 0.2) is 0 Å². The summed E-state index contributed by atoms with van der Waals surface area (Å²) in [6.45, 7) is 4.74. The number of likely N-dealkylation sites (N-methyl/N-ethyl adjacent to an activating group) is 1. The molecule has 3 N–H and O–H groups in total. The zero-order chi connectivity index (χ0) is 56.3. The molecule has 0 fully saturated rings. The Morgan fingerprint density at radius 1 is 0.455 bits per heavy atom. The minimum atomic E-state index is -4.35. The minimum absolute atomic E-state index is 0.0602. The lowest BCUT2D eigenvalue weighted by Gasteiger charge is -2.25. The highest BCUT2D eigenvalue weighted by atomic mass is 31.2. The van der Waals surface area contributed by atoms with Crippen LogP contribution < -0.4 is 5.32 Å². The van der Waals surface area contributed by atoms with E-state index in [4.69, 9.17) is 9.05 Å². The average Bonchev–Trinajstić information content (AvgIpc) is 3.39. The molecule has 0 saturated heterocycles. The Morgan fingerprint density at radius 2 is 0.779 bits per heavy atom. The zero-order valence-electron chi connectivity index (χ0n) is 51.7. The van der Waals surface area contributed by atoms with E-state index >= 15 is 0 Å². The van der Waals surface area contributed by atoms with Crippen molar-refractivity contribution in [3.8, 4) is 0 Å². The van der Waals surface area contributed by atoms with Crippen LogP contribution in [0.1, 0.15) is 316 Å². The summed E-state index contributed by atoms with van der Waals surface area (Å²) in [4.78, 5) is 23.4. The summed E-state index contributed by atoms with van der Waals surface area (Å²) in [5.74, 6) is -0.177. The van der Waals surface area contributed by atoms with Gasteiger partial charge in [0, 0.05) is 6.42 Å². The van der Waals surface area contributed by atoms with Crippen LogP contribution >= 0.6 is 7.82 Å². The van der Waals surface area contributed by atoms with Gasteiger partial charge >= 0.3 is 7.82 Å². The van der Waals surface area contributed by atoms with Crippen LogP contribution in [0.4, 0.5) is 0 Å². The normalized spacial score (nSPS) is 14.1. The first-order chi connectivity index (χ1) is 37.5. The maximum Gasteiger partial charge on any atom is 0.472 e. The fraction of sp³-hybridized carbons (Fsp3) is 0.838. The Morgan fingerprint density at radius 3 is 1.14 bits per heavy atom. The van der Waals surface area contributed by atoms with Gasteiger partial charge in [0.1, 0.15) is 13.2 Å². The van der Waals surface area contributed by atoms with Crippen molar-refractivity contribution in [2.45, 2.75) is 328 Å². The van der Waals surface area contributed by atoms with Crippen LogP contribution in [-0.4, -0.2) is 73.4 Å².